The van der Waals surface area contributed by atoms with Crippen LogP contribution in [0.25, 0.3) is 0 Å². The highest BCUT2D eigenvalue weighted by molar-refractivity contribution is 5.95. The molecule has 0 aliphatic rings. The van der Waals surface area contributed by atoms with Crippen molar-refractivity contribution in [1.29, 1.82) is 0 Å². The third-order valence-electron chi connectivity index (χ3n) is 4.78. The smallest absolute Gasteiger partial charge is 0.338 e. The van der Waals surface area contributed by atoms with Crippen LogP contribution in [0.3, 0.4) is 0 Å². The van der Waals surface area contributed by atoms with Gasteiger partial charge in [0.05, 0.1) is 17.7 Å². The molecule has 4 heteroatoms. The molecule has 0 atom stereocenters. The number of carbonyl (C=O) groups is 2. The number of esters is 2. The molecule has 156 valence electrons. The van der Waals surface area contributed by atoms with E-state index < -0.39 is 11.9 Å². The normalized spacial score (nSPS) is 10.5. The predicted octanol–water partition coefficient (Wildman–Crippen LogP) is 6.34. The highest BCUT2D eigenvalue weighted by Gasteiger charge is 2.12. The van der Waals surface area contributed by atoms with E-state index in [-0.39, 0.29) is 6.61 Å². The lowest BCUT2D eigenvalue weighted by Gasteiger charge is -2.08. The van der Waals surface area contributed by atoms with E-state index in [0.717, 1.165) is 18.4 Å². The Morgan fingerprint density at radius 2 is 1.28 bits per heavy atom. The van der Waals surface area contributed by atoms with Crippen molar-refractivity contribution in [3.63, 3.8) is 0 Å². The summed E-state index contributed by atoms with van der Waals surface area (Å²) in [5, 5.41) is 0. The van der Waals surface area contributed by atoms with Gasteiger partial charge in [0, 0.05) is 0 Å². The molecule has 0 amide bonds. The van der Waals surface area contributed by atoms with Gasteiger partial charge in [-0.3, -0.25) is 0 Å². The molecule has 0 unspecified atom stereocenters. The Morgan fingerprint density at radius 3 is 1.93 bits per heavy atom. The molecule has 0 saturated heterocycles. The van der Waals surface area contributed by atoms with Crippen molar-refractivity contribution in [3.8, 4) is 0 Å². The SMILES string of the molecule is CCCCCCCCCCOC(=O)c1cccc(C(=O)OCc2ccccc2)c1. The minimum absolute atomic E-state index is 0.201. The summed E-state index contributed by atoms with van der Waals surface area (Å²) in [4.78, 5) is 24.5. The third kappa shape index (κ3) is 8.95. The van der Waals surface area contributed by atoms with E-state index in [0.29, 0.717) is 17.7 Å². The van der Waals surface area contributed by atoms with Crippen molar-refractivity contribution in [3.05, 3.63) is 71.3 Å². The average molecular weight is 397 g/mol. The number of hydrogen-bond donors (Lipinski definition) is 0. The lowest BCUT2D eigenvalue weighted by Crippen LogP contribution is -2.10. The minimum atomic E-state index is -0.452. The summed E-state index contributed by atoms with van der Waals surface area (Å²) < 4.78 is 10.7. The van der Waals surface area contributed by atoms with Crippen LogP contribution in [0.1, 0.15) is 84.6 Å². The maximum atomic E-state index is 12.2. The van der Waals surface area contributed by atoms with E-state index in [9.17, 15) is 9.59 Å². The van der Waals surface area contributed by atoms with E-state index in [1.54, 1.807) is 18.2 Å². The molecule has 0 bridgehead atoms. The Kier molecular flexibility index (Phi) is 10.6. The molecule has 0 radical (unpaired) electrons. The maximum absolute atomic E-state index is 12.2. The minimum Gasteiger partial charge on any atom is -0.462 e. The van der Waals surface area contributed by atoms with Crippen LogP contribution in [0.4, 0.5) is 0 Å². The summed E-state index contributed by atoms with van der Waals surface area (Å²) in [7, 11) is 0. The quantitative estimate of drug-likeness (QED) is 0.293. The Labute approximate surface area is 174 Å². The molecule has 0 fully saturated rings. The third-order valence-corrected chi connectivity index (χ3v) is 4.78. The van der Waals surface area contributed by atoms with Crippen LogP contribution in [0.5, 0.6) is 0 Å². The number of ether oxygens (including phenoxy) is 2. The van der Waals surface area contributed by atoms with Gasteiger partial charge in [-0.15, -0.1) is 0 Å². The van der Waals surface area contributed by atoms with Gasteiger partial charge >= 0.3 is 11.9 Å². The van der Waals surface area contributed by atoms with Gasteiger partial charge in [0.25, 0.3) is 0 Å². The van der Waals surface area contributed by atoms with Crippen molar-refractivity contribution in [2.75, 3.05) is 6.61 Å². The van der Waals surface area contributed by atoms with E-state index >= 15 is 0 Å². The second-order valence-corrected chi connectivity index (χ2v) is 7.25. The van der Waals surface area contributed by atoms with E-state index in [4.69, 9.17) is 9.47 Å². The zero-order chi connectivity index (χ0) is 20.7. The summed E-state index contributed by atoms with van der Waals surface area (Å²) in [6.07, 6.45) is 9.57. The first-order valence-corrected chi connectivity index (χ1v) is 10.7. The van der Waals surface area contributed by atoms with Gasteiger partial charge in [0.2, 0.25) is 0 Å². The van der Waals surface area contributed by atoms with Gasteiger partial charge in [-0.2, -0.15) is 0 Å². The van der Waals surface area contributed by atoms with Crippen LogP contribution in [0.15, 0.2) is 54.6 Å². The first-order chi connectivity index (χ1) is 14.2. The summed E-state index contributed by atoms with van der Waals surface area (Å²) in [5.41, 5.74) is 1.64. The fourth-order valence-electron chi connectivity index (χ4n) is 3.06. The lowest BCUT2D eigenvalue weighted by atomic mass is 10.1. The highest BCUT2D eigenvalue weighted by atomic mass is 16.5. The summed E-state index contributed by atoms with van der Waals surface area (Å²) >= 11 is 0. The Hall–Kier alpha value is -2.62. The van der Waals surface area contributed by atoms with Crippen LogP contribution in [0.2, 0.25) is 0 Å². The van der Waals surface area contributed by atoms with Crippen molar-refractivity contribution >= 4 is 11.9 Å². The summed E-state index contributed by atoms with van der Waals surface area (Å²) in [5.74, 6) is -0.850. The molecule has 2 aromatic rings. The zero-order valence-electron chi connectivity index (χ0n) is 17.4. The average Bonchev–Trinajstić information content (AvgIpc) is 2.77. The molecule has 0 aliphatic carbocycles. The molecule has 2 aromatic carbocycles. The molecular weight excluding hydrogens is 364 g/mol. The molecule has 4 nitrogen and oxygen atoms in total. The topological polar surface area (TPSA) is 52.6 Å². The fourth-order valence-corrected chi connectivity index (χ4v) is 3.06. The van der Waals surface area contributed by atoms with E-state index in [1.807, 2.05) is 30.3 Å². The standard InChI is InChI=1S/C25H32O4/c1-2-3-4-5-6-7-8-12-18-28-24(26)22-16-13-17-23(19-22)25(27)29-20-21-14-10-9-11-15-21/h9-11,13-17,19H,2-8,12,18,20H2,1H3. The molecule has 0 N–H and O–H groups in total. The molecule has 0 spiro atoms. The second kappa shape index (κ2) is 13.5. The number of rotatable bonds is 13. The van der Waals surface area contributed by atoms with Crippen LogP contribution in [-0.4, -0.2) is 18.5 Å². The first kappa shape index (κ1) is 22.7. The van der Waals surface area contributed by atoms with Crippen molar-refractivity contribution in [2.45, 2.75) is 64.9 Å². The second-order valence-electron chi connectivity index (χ2n) is 7.25. The fraction of sp³-hybridized carbons (Fsp3) is 0.440. The number of hydrogen-bond acceptors (Lipinski definition) is 4. The van der Waals surface area contributed by atoms with Gasteiger partial charge in [-0.25, -0.2) is 9.59 Å². The molecule has 0 aromatic heterocycles. The van der Waals surface area contributed by atoms with E-state index in [1.165, 1.54) is 44.6 Å². The van der Waals surface area contributed by atoms with Gasteiger partial charge in [0.15, 0.2) is 0 Å². The Bertz CT molecular complexity index is 739. The summed E-state index contributed by atoms with van der Waals surface area (Å²) in [6, 6.07) is 16.0. The number of benzene rings is 2. The van der Waals surface area contributed by atoms with Crippen molar-refractivity contribution in [2.24, 2.45) is 0 Å². The van der Waals surface area contributed by atoms with Gasteiger partial charge in [-0.1, -0.05) is 88.3 Å². The Balaban J connectivity index is 1.69. The number of unbranched alkanes of at least 4 members (excludes halogenated alkanes) is 7. The van der Waals surface area contributed by atoms with Crippen LogP contribution in [0, 0.1) is 0 Å². The van der Waals surface area contributed by atoms with E-state index in [2.05, 4.69) is 6.92 Å². The maximum Gasteiger partial charge on any atom is 0.338 e. The molecule has 29 heavy (non-hydrogen) atoms. The first-order valence-electron chi connectivity index (χ1n) is 10.7. The predicted molar refractivity (Wildman–Crippen MR) is 115 cm³/mol. The number of carbonyl (C=O) groups excluding carboxylic acids is 2. The van der Waals surface area contributed by atoms with Gasteiger partial charge in [0.1, 0.15) is 6.61 Å². The molecule has 0 aliphatic heterocycles. The summed E-state index contributed by atoms with van der Waals surface area (Å²) in [6.45, 7) is 2.83. The zero-order valence-corrected chi connectivity index (χ0v) is 17.4. The lowest BCUT2D eigenvalue weighted by molar-refractivity contribution is 0.0472. The Morgan fingerprint density at radius 1 is 0.690 bits per heavy atom. The van der Waals surface area contributed by atoms with Gasteiger partial charge in [-0.05, 0) is 30.2 Å². The van der Waals surface area contributed by atoms with Gasteiger partial charge < -0.3 is 9.47 Å². The van der Waals surface area contributed by atoms with Crippen LogP contribution < -0.4 is 0 Å². The van der Waals surface area contributed by atoms with Crippen LogP contribution in [-0.2, 0) is 16.1 Å². The molecule has 2 rings (SSSR count). The highest BCUT2D eigenvalue weighted by Crippen LogP contribution is 2.12. The van der Waals surface area contributed by atoms with Crippen LogP contribution >= 0.6 is 0 Å². The van der Waals surface area contributed by atoms with Crippen molar-refractivity contribution in [1.82, 2.24) is 0 Å². The molecular formula is C25H32O4. The monoisotopic (exact) mass is 396 g/mol. The molecule has 0 saturated carbocycles. The van der Waals surface area contributed by atoms with Crippen molar-refractivity contribution < 1.29 is 19.1 Å². The molecule has 0 heterocycles. The largest absolute Gasteiger partial charge is 0.462 e.